The molecule has 0 saturated carbocycles. The predicted molar refractivity (Wildman–Crippen MR) is 82.3 cm³/mol. The van der Waals surface area contributed by atoms with Crippen LogP contribution in [0.2, 0.25) is 0 Å². The molecule has 0 bridgehead atoms. The maximum atomic E-state index is 13.8. The fraction of sp³-hybridized carbons (Fsp3) is 0.500. The van der Waals surface area contributed by atoms with Crippen molar-refractivity contribution >= 4 is 5.69 Å². The van der Waals surface area contributed by atoms with Crippen molar-refractivity contribution in [2.45, 2.75) is 26.3 Å². The summed E-state index contributed by atoms with van der Waals surface area (Å²) >= 11 is 0. The molecular formula is C16H21FN4O. The Morgan fingerprint density at radius 2 is 1.95 bits per heavy atom. The molecular weight excluding hydrogens is 283 g/mol. The lowest BCUT2D eigenvalue weighted by atomic mass is 10.2. The van der Waals surface area contributed by atoms with Gasteiger partial charge in [0, 0.05) is 32.6 Å². The Hall–Kier alpha value is -1.95. The molecule has 1 aliphatic heterocycles. The maximum Gasteiger partial charge on any atom is 0.243 e. The molecule has 2 heterocycles. The Bertz CT molecular complexity index is 622. The highest BCUT2D eigenvalue weighted by atomic mass is 19.1. The van der Waals surface area contributed by atoms with Crippen molar-refractivity contribution < 1.29 is 8.91 Å². The van der Waals surface area contributed by atoms with Crippen molar-refractivity contribution in [3.8, 4) is 0 Å². The van der Waals surface area contributed by atoms with E-state index in [2.05, 4.69) is 26.9 Å². The number of aryl methyl sites for hydroxylation is 1. The van der Waals surface area contributed by atoms with Crippen LogP contribution >= 0.6 is 0 Å². The van der Waals surface area contributed by atoms with E-state index in [4.69, 9.17) is 4.52 Å². The normalized spacial score (nSPS) is 17.7. The molecule has 0 amide bonds. The molecule has 6 heteroatoms. The number of para-hydroxylation sites is 1. The van der Waals surface area contributed by atoms with Crippen LogP contribution in [-0.4, -0.2) is 41.2 Å². The first-order valence-electron chi connectivity index (χ1n) is 7.75. The van der Waals surface area contributed by atoms with Gasteiger partial charge in [-0.05, 0) is 19.1 Å². The summed E-state index contributed by atoms with van der Waals surface area (Å²) in [5, 5.41) is 3.95. The van der Waals surface area contributed by atoms with Gasteiger partial charge in [-0.1, -0.05) is 24.2 Å². The van der Waals surface area contributed by atoms with Crippen molar-refractivity contribution in [2.75, 3.05) is 31.1 Å². The average molecular weight is 304 g/mol. The topological polar surface area (TPSA) is 45.4 Å². The van der Waals surface area contributed by atoms with Crippen molar-refractivity contribution in [3.05, 3.63) is 41.8 Å². The van der Waals surface area contributed by atoms with E-state index in [0.717, 1.165) is 38.4 Å². The monoisotopic (exact) mass is 304 g/mol. The number of hydrogen-bond acceptors (Lipinski definition) is 5. The van der Waals surface area contributed by atoms with Crippen LogP contribution in [0.25, 0.3) is 0 Å². The summed E-state index contributed by atoms with van der Waals surface area (Å²) in [6.45, 7) is 7.36. The first-order valence-corrected chi connectivity index (χ1v) is 7.75. The van der Waals surface area contributed by atoms with Crippen LogP contribution in [0.3, 0.4) is 0 Å². The minimum absolute atomic E-state index is 0.0931. The minimum Gasteiger partial charge on any atom is -0.367 e. The summed E-state index contributed by atoms with van der Waals surface area (Å²) in [7, 11) is 0. The van der Waals surface area contributed by atoms with Gasteiger partial charge in [0.2, 0.25) is 5.89 Å². The molecule has 3 rings (SSSR count). The maximum absolute atomic E-state index is 13.8. The van der Waals surface area contributed by atoms with Crippen LogP contribution in [0.1, 0.15) is 31.6 Å². The number of halogens is 1. The number of nitrogens with zero attached hydrogens (tertiary/aromatic N) is 4. The molecule has 0 N–H and O–H groups in total. The Morgan fingerprint density at radius 3 is 2.59 bits per heavy atom. The van der Waals surface area contributed by atoms with E-state index >= 15 is 0 Å². The van der Waals surface area contributed by atoms with Crippen LogP contribution < -0.4 is 4.90 Å². The molecule has 1 aliphatic rings. The number of benzene rings is 1. The van der Waals surface area contributed by atoms with Crippen LogP contribution in [0.15, 0.2) is 28.8 Å². The molecule has 1 aromatic heterocycles. The lowest BCUT2D eigenvalue weighted by Gasteiger charge is -2.38. The van der Waals surface area contributed by atoms with E-state index in [0.29, 0.717) is 11.6 Å². The van der Waals surface area contributed by atoms with Gasteiger partial charge in [-0.25, -0.2) is 4.39 Å². The highest BCUT2D eigenvalue weighted by Gasteiger charge is 2.26. The summed E-state index contributed by atoms with van der Waals surface area (Å²) in [5.74, 6) is 1.25. The van der Waals surface area contributed by atoms with Crippen LogP contribution in [0.5, 0.6) is 0 Å². The molecule has 1 saturated heterocycles. The first kappa shape index (κ1) is 15.0. The summed E-state index contributed by atoms with van der Waals surface area (Å²) in [5.41, 5.74) is 0.681. The Labute approximate surface area is 129 Å². The highest BCUT2D eigenvalue weighted by molar-refractivity contribution is 5.48. The van der Waals surface area contributed by atoms with Crippen LogP contribution in [0.4, 0.5) is 10.1 Å². The van der Waals surface area contributed by atoms with E-state index in [9.17, 15) is 4.39 Å². The number of rotatable bonds is 4. The van der Waals surface area contributed by atoms with Crippen molar-refractivity contribution in [2.24, 2.45) is 0 Å². The molecule has 5 nitrogen and oxygen atoms in total. The molecule has 0 aliphatic carbocycles. The third-order valence-corrected chi connectivity index (χ3v) is 4.21. The third-order valence-electron chi connectivity index (χ3n) is 4.21. The van der Waals surface area contributed by atoms with Gasteiger partial charge < -0.3 is 9.42 Å². The van der Waals surface area contributed by atoms with Crippen LogP contribution in [-0.2, 0) is 6.42 Å². The van der Waals surface area contributed by atoms with Crippen molar-refractivity contribution in [3.63, 3.8) is 0 Å². The second-order valence-electron chi connectivity index (χ2n) is 5.55. The van der Waals surface area contributed by atoms with Gasteiger partial charge in [0.05, 0.1) is 11.7 Å². The lowest BCUT2D eigenvalue weighted by Crippen LogP contribution is -2.47. The van der Waals surface area contributed by atoms with E-state index in [1.165, 1.54) is 6.07 Å². The quantitative estimate of drug-likeness (QED) is 0.869. The zero-order chi connectivity index (χ0) is 15.5. The molecule has 0 spiro atoms. The number of piperazine rings is 1. The van der Waals surface area contributed by atoms with E-state index < -0.39 is 0 Å². The molecule has 1 atom stereocenters. The minimum atomic E-state index is -0.159. The number of anilines is 1. The second kappa shape index (κ2) is 6.44. The molecule has 1 aromatic carbocycles. The van der Waals surface area contributed by atoms with Gasteiger partial charge in [-0.15, -0.1) is 0 Å². The Morgan fingerprint density at radius 1 is 1.23 bits per heavy atom. The van der Waals surface area contributed by atoms with Gasteiger partial charge in [-0.2, -0.15) is 4.98 Å². The molecule has 0 radical (unpaired) electrons. The largest absolute Gasteiger partial charge is 0.367 e. The summed E-state index contributed by atoms with van der Waals surface area (Å²) in [6, 6.07) is 7.03. The lowest BCUT2D eigenvalue weighted by molar-refractivity contribution is 0.164. The van der Waals surface area contributed by atoms with Gasteiger partial charge in [0.25, 0.3) is 0 Å². The molecule has 1 fully saturated rings. The smallest absolute Gasteiger partial charge is 0.243 e. The van der Waals surface area contributed by atoms with Gasteiger partial charge in [-0.3, -0.25) is 4.90 Å². The molecule has 118 valence electrons. The molecule has 0 unspecified atom stereocenters. The van der Waals surface area contributed by atoms with Gasteiger partial charge in [0.15, 0.2) is 5.82 Å². The fourth-order valence-electron chi connectivity index (χ4n) is 2.80. The number of hydrogen-bond donors (Lipinski definition) is 0. The summed E-state index contributed by atoms with van der Waals surface area (Å²) in [4.78, 5) is 8.79. The van der Waals surface area contributed by atoms with Gasteiger partial charge in [0.1, 0.15) is 5.82 Å². The number of aromatic nitrogens is 2. The van der Waals surface area contributed by atoms with Crippen molar-refractivity contribution in [1.29, 1.82) is 0 Å². The first-order chi connectivity index (χ1) is 10.7. The van der Waals surface area contributed by atoms with E-state index in [1.54, 1.807) is 6.07 Å². The van der Waals surface area contributed by atoms with E-state index in [1.807, 2.05) is 19.1 Å². The standard InChI is InChI=1S/C16H21FN4O/c1-3-15-18-16(22-19-15)12(2)20-8-10-21(11-9-20)14-7-5-4-6-13(14)17/h4-7,12H,3,8-11H2,1-2H3/t12-/m1/s1. The molecule has 2 aromatic rings. The van der Waals surface area contributed by atoms with Crippen LogP contribution in [0, 0.1) is 5.82 Å². The van der Waals surface area contributed by atoms with Crippen molar-refractivity contribution in [1.82, 2.24) is 15.0 Å². The SMILES string of the molecule is CCc1noc([C@@H](C)N2CCN(c3ccccc3F)CC2)n1. The third kappa shape index (κ3) is 2.97. The zero-order valence-corrected chi connectivity index (χ0v) is 13.0. The summed E-state index contributed by atoms with van der Waals surface area (Å²) < 4.78 is 19.2. The predicted octanol–water partition coefficient (Wildman–Crippen LogP) is 2.65. The zero-order valence-electron chi connectivity index (χ0n) is 13.0. The Kier molecular flexibility index (Phi) is 4.38. The van der Waals surface area contributed by atoms with Gasteiger partial charge >= 0.3 is 0 Å². The average Bonchev–Trinajstić information content (AvgIpc) is 3.04. The molecule has 22 heavy (non-hydrogen) atoms. The highest BCUT2D eigenvalue weighted by Crippen LogP contribution is 2.24. The Balaban J connectivity index is 1.63. The van der Waals surface area contributed by atoms with E-state index in [-0.39, 0.29) is 11.9 Å². The fourth-order valence-corrected chi connectivity index (χ4v) is 2.80. The summed E-state index contributed by atoms with van der Waals surface area (Å²) in [6.07, 6.45) is 0.775. The second-order valence-corrected chi connectivity index (χ2v) is 5.55.